The highest BCUT2D eigenvalue weighted by Crippen LogP contribution is 2.31. The van der Waals surface area contributed by atoms with E-state index in [4.69, 9.17) is 4.74 Å². The van der Waals surface area contributed by atoms with E-state index in [-0.39, 0.29) is 11.0 Å². The van der Waals surface area contributed by atoms with Gasteiger partial charge in [0, 0.05) is 0 Å². The maximum atomic E-state index is 6.19. The van der Waals surface area contributed by atoms with Gasteiger partial charge in [0.05, 0.1) is 0 Å². The zero-order valence-corrected chi connectivity index (χ0v) is 13.8. The summed E-state index contributed by atoms with van der Waals surface area (Å²) in [5, 5.41) is 0. The van der Waals surface area contributed by atoms with Crippen LogP contribution in [0.4, 0.5) is 0 Å². The Morgan fingerprint density at radius 2 is 1.33 bits per heavy atom. The van der Waals surface area contributed by atoms with Crippen LogP contribution >= 0.6 is 0 Å². The zero-order valence-electron chi connectivity index (χ0n) is 13.8. The molecule has 0 amide bonds. The van der Waals surface area contributed by atoms with Crippen molar-refractivity contribution in [3.63, 3.8) is 0 Å². The Bertz CT molecular complexity index is 565. The van der Waals surface area contributed by atoms with E-state index in [1.807, 2.05) is 18.2 Å². The predicted molar refractivity (Wildman–Crippen MR) is 89.9 cm³/mol. The highest BCUT2D eigenvalue weighted by molar-refractivity contribution is 5.33. The first kappa shape index (κ1) is 15.6. The van der Waals surface area contributed by atoms with Gasteiger partial charge in [0.1, 0.15) is 11.4 Å². The molecule has 1 heteroatoms. The average molecular weight is 282 g/mol. The highest BCUT2D eigenvalue weighted by atomic mass is 16.5. The van der Waals surface area contributed by atoms with Crippen LogP contribution in [0.15, 0.2) is 54.6 Å². The standard InChI is InChI=1S/C20H26O/c1-6-19(2,3)16-12-14-18(15-13-16)21-20(4,5)17-10-8-7-9-11-17/h7-15H,6H2,1-5H3. The van der Waals surface area contributed by atoms with Crippen LogP contribution in [0, 0.1) is 0 Å². The molecule has 21 heavy (non-hydrogen) atoms. The molecule has 0 fully saturated rings. The van der Waals surface area contributed by atoms with Crippen molar-refractivity contribution in [3.8, 4) is 5.75 Å². The number of hydrogen-bond donors (Lipinski definition) is 0. The fourth-order valence-corrected chi connectivity index (χ4v) is 2.37. The minimum atomic E-state index is -0.330. The van der Waals surface area contributed by atoms with Crippen molar-refractivity contribution in [2.75, 3.05) is 0 Å². The van der Waals surface area contributed by atoms with Gasteiger partial charge in [-0.25, -0.2) is 0 Å². The monoisotopic (exact) mass is 282 g/mol. The van der Waals surface area contributed by atoms with Crippen LogP contribution < -0.4 is 4.74 Å². The predicted octanol–water partition coefficient (Wildman–Crippen LogP) is 5.69. The molecule has 0 bridgehead atoms. The van der Waals surface area contributed by atoms with E-state index in [1.54, 1.807) is 0 Å². The third-order valence-corrected chi connectivity index (χ3v) is 4.36. The van der Waals surface area contributed by atoms with Crippen LogP contribution in [-0.2, 0) is 11.0 Å². The summed E-state index contributed by atoms with van der Waals surface area (Å²) >= 11 is 0. The minimum Gasteiger partial charge on any atom is -0.483 e. The Morgan fingerprint density at radius 3 is 1.86 bits per heavy atom. The molecule has 0 radical (unpaired) electrons. The molecular weight excluding hydrogens is 256 g/mol. The first-order valence-corrected chi connectivity index (χ1v) is 7.70. The molecule has 2 rings (SSSR count). The van der Waals surface area contributed by atoms with Crippen LogP contribution in [-0.4, -0.2) is 0 Å². The molecule has 1 nitrogen and oxygen atoms in total. The zero-order chi connectivity index (χ0) is 15.5. The van der Waals surface area contributed by atoms with E-state index in [0.29, 0.717) is 0 Å². The molecule has 2 aromatic rings. The van der Waals surface area contributed by atoms with Crippen LogP contribution in [0.1, 0.15) is 52.2 Å². The Balaban J connectivity index is 2.17. The highest BCUT2D eigenvalue weighted by Gasteiger charge is 2.23. The number of ether oxygens (including phenoxy) is 1. The lowest BCUT2D eigenvalue weighted by Crippen LogP contribution is -2.25. The molecule has 112 valence electrons. The molecule has 0 aliphatic heterocycles. The molecule has 0 spiro atoms. The van der Waals surface area contributed by atoms with E-state index in [9.17, 15) is 0 Å². The van der Waals surface area contributed by atoms with E-state index in [2.05, 4.69) is 71.0 Å². The summed E-state index contributed by atoms with van der Waals surface area (Å²) in [6, 6.07) is 18.9. The molecule has 0 saturated heterocycles. The summed E-state index contributed by atoms with van der Waals surface area (Å²) < 4.78 is 6.19. The van der Waals surface area contributed by atoms with Crippen molar-refractivity contribution in [1.29, 1.82) is 0 Å². The molecule has 0 aliphatic rings. The van der Waals surface area contributed by atoms with Gasteiger partial charge in [-0.2, -0.15) is 0 Å². The van der Waals surface area contributed by atoms with Gasteiger partial charge in [-0.05, 0) is 48.9 Å². The van der Waals surface area contributed by atoms with Crippen LogP contribution in [0.25, 0.3) is 0 Å². The Labute approximate surface area is 129 Å². The summed E-state index contributed by atoms with van der Waals surface area (Å²) in [6.45, 7) is 11.0. The third kappa shape index (κ3) is 3.66. The van der Waals surface area contributed by atoms with Gasteiger partial charge < -0.3 is 4.74 Å². The Kier molecular flexibility index (Phi) is 4.41. The second-order valence-corrected chi connectivity index (χ2v) is 6.74. The Morgan fingerprint density at radius 1 is 0.762 bits per heavy atom. The van der Waals surface area contributed by atoms with E-state index in [0.717, 1.165) is 12.2 Å². The smallest absolute Gasteiger partial charge is 0.128 e. The lowest BCUT2D eigenvalue weighted by molar-refractivity contribution is 0.109. The maximum Gasteiger partial charge on any atom is 0.128 e. The topological polar surface area (TPSA) is 9.23 Å². The van der Waals surface area contributed by atoms with Gasteiger partial charge in [0.2, 0.25) is 0 Å². The molecule has 0 N–H and O–H groups in total. The fraction of sp³-hybridized carbons (Fsp3) is 0.400. The molecule has 2 aromatic carbocycles. The summed E-state index contributed by atoms with van der Waals surface area (Å²) in [4.78, 5) is 0. The fourth-order valence-electron chi connectivity index (χ4n) is 2.37. The van der Waals surface area contributed by atoms with Crippen LogP contribution in [0.3, 0.4) is 0 Å². The SMILES string of the molecule is CCC(C)(C)c1ccc(OC(C)(C)c2ccccc2)cc1. The molecule has 0 aromatic heterocycles. The van der Waals surface area contributed by atoms with Crippen molar-refractivity contribution in [3.05, 3.63) is 65.7 Å². The van der Waals surface area contributed by atoms with E-state index < -0.39 is 0 Å². The van der Waals surface area contributed by atoms with E-state index in [1.165, 1.54) is 11.1 Å². The van der Waals surface area contributed by atoms with Gasteiger partial charge in [0.25, 0.3) is 0 Å². The van der Waals surface area contributed by atoms with E-state index >= 15 is 0 Å². The first-order chi connectivity index (χ1) is 9.85. The van der Waals surface area contributed by atoms with Gasteiger partial charge in [-0.15, -0.1) is 0 Å². The molecule has 0 heterocycles. The second-order valence-electron chi connectivity index (χ2n) is 6.74. The summed E-state index contributed by atoms with van der Waals surface area (Å²) in [6.07, 6.45) is 1.13. The molecule has 0 unspecified atom stereocenters. The summed E-state index contributed by atoms with van der Waals surface area (Å²) in [7, 11) is 0. The van der Waals surface area contributed by atoms with Crippen molar-refractivity contribution >= 4 is 0 Å². The lowest BCUT2D eigenvalue weighted by Gasteiger charge is -2.28. The lowest BCUT2D eigenvalue weighted by atomic mass is 9.82. The quantitative estimate of drug-likeness (QED) is 0.684. The van der Waals surface area contributed by atoms with Crippen molar-refractivity contribution in [1.82, 2.24) is 0 Å². The molecule has 0 saturated carbocycles. The second kappa shape index (κ2) is 5.93. The first-order valence-electron chi connectivity index (χ1n) is 7.70. The Hall–Kier alpha value is -1.76. The van der Waals surface area contributed by atoms with Crippen LogP contribution in [0.5, 0.6) is 5.75 Å². The van der Waals surface area contributed by atoms with Crippen LogP contribution in [0.2, 0.25) is 0 Å². The van der Waals surface area contributed by atoms with Gasteiger partial charge in [-0.3, -0.25) is 0 Å². The average Bonchev–Trinajstić information content (AvgIpc) is 2.48. The number of rotatable bonds is 5. The number of benzene rings is 2. The van der Waals surface area contributed by atoms with Gasteiger partial charge >= 0.3 is 0 Å². The van der Waals surface area contributed by atoms with Crippen molar-refractivity contribution in [2.45, 2.75) is 52.1 Å². The largest absolute Gasteiger partial charge is 0.483 e. The third-order valence-electron chi connectivity index (χ3n) is 4.36. The van der Waals surface area contributed by atoms with Gasteiger partial charge in [0.15, 0.2) is 0 Å². The van der Waals surface area contributed by atoms with Crippen molar-refractivity contribution in [2.24, 2.45) is 0 Å². The molecular formula is C20H26O. The molecule has 0 aliphatic carbocycles. The maximum absolute atomic E-state index is 6.19. The summed E-state index contributed by atoms with van der Waals surface area (Å²) in [5.41, 5.74) is 2.43. The van der Waals surface area contributed by atoms with Gasteiger partial charge in [-0.1, -0.05) is 63.2 Å². The minimum absolute atomic E-state index is 0.216. The molecule has 0 atom stereocenters. The van der Waals surface area contributed by atoms with Crippen molar-refractivity contribution < 1.29 is 4.74 Å². The summed E-state index contributed by atoms with van der Waals surface area (Å²) in [5.74, 6) is 0.916. The number of hydrogen-bond acceptors (Lipinski definition) is 1. The normalized spacial score (nSPS) is 12.2.